The molecule has 3 nitrogen and oxygen atoms in total. The van der Waals surface area contributed by atoms with Crippen LogP contribution in [0.25, 0.3) is 0 Å². The van der Waals surface area contributed by atoms with Gasteiger partial charge in [-0.25, -0.2) is 17.6 Å². The fourth-order valence-electron chi connectivity index (χ4n) is 1.58. The summed E-state index contributed by atoms with van der Waals surface area (Å²) in [4.78, 5) is 11.8. The Morgan fingerprint density at radius 2 is 1.71 bits per heavy atom. The van der Waals surface area contributed by atoms with Crippen molar-refractivity contribution in [3.8, 4) is 0 Å². The van der Waals surface area contributed by atoms with Gasteiger partial charge < -0.3 is 11.1 Å². The van der Waals surface area contributed by atoms with Gasteiger partial charge >= 0.3 is 0 Å². The van der Waals surface area contributed by atoms with Crippen LogP contribution in [0.4, 0.5) is 28.9 Å². The molecule has 0 aliphatic heterocycles. The Bertz CT molecular complexity index is 737. The molecule has 0 heterocycles. The molecule has 2 aromatic rings. The van der Waals surface area contributed by atoms with E-state index in [1.807, 2.05) is 5.32 Å². The molecule has 110 valence electrons. The summed E-state index contributed by atoms with van der Waals surface area (Å²) in [6.45, 7) is 0. The van der Waals surface area contributed by atoms with Crippen molar-refractivity contribution in [1.29, 1.82) is 0 Å². The number of nitrogens with two attached hydrogens (primary N) is 1. The Morgan fingerprint density at radius 1 is 1.05 bits per heavy atom. The van der Waals surface area contributed by atoms with E-state index in [9.17, 15) is 22.4 Å². The van der Waals surface area contributed by atoms with Crippen LogP contribution in [-0.2, 0) is 0 Å². The molecule has 0 fully saturated rings. The zero-order valence-electron chi connectivity index (χ0n) is 10.2. The van der Waals surface area contributed by atoms with Crippen molar-refractivity contribution in [2.45, 2.75) is 0 Å². The number of benzene rings is 2. The third-order valence-electron chi connectivity index (χ3n) is 2.61. The molecule has 8 heteroatoms. The monoisotopic (exact) mass is 362 g/mol. The average Bonchev–Trinajstić information content (AvgIpc) is 2.41. The smallest absolute Gasteiger partial charge is 0.261 e. The molecule has 0 bridgehead atoms. The molecule has 0 radical (unpaired) electrons. The van der Waals surface area contributed by atoms with Crippen molar-refractivity contribution in [2.24, 2.45) is 0 Å². The van der Waals surface area contributed by atoms with Crippen LogP contribution >= 0.6 is 15.9 Å². The summed E-state index contributed by atoms with van der Waals surface area (Å²) in [5.41, 5.74) is 3.43. The number of carbonyl (C=O) groups excluding carboxylic acids is 1. The van der Waals surface area contributed by atoms with Gasteiger partial charge in [0, 0.05) is 6.07 Å². The van der Waals surface area contributed by atoms with E-state index >= 15 is 0 Å². The van der Waals surface area contributed by atoms with Gasteiger partial charge in [-0.3, -0.25) is 4.79 Å². The molecule has 0 saturated heterocycles. The van der Waals surface area contributed by atoms with Crippen molar-refractivity contribution in [3.05, 3.63) is 57.6 Å². The second kappa shape index (κ2) is 5.72. The lowest BCUT2D eigenvalue weighted by Gasteiger charge is -2.10. The molecule has 1 amide bonds. The molecular weight excluding hydrogens is 356 g/mol. The van der Waals surface area contributed by atoms with Gasteiger partial charge in [0.25, 0.3) is 5.91 Å². The molecule has 0 atom stereocenters. The first-order valence-electron chi connectivity index (χ1n) is 5.50. The van der Waals surface area contributed by atoms with E-state index in [0.717, 1.165) is 18.2 Å². The molecule has 0 aromatic heterocycles. The second-order valence-electron chi connectivity index (χ2n) is 4.03. The Hall–Kier alpha value is -2.09. The maximum atomic E-state index is 13.7. The standard InChI is InChI=1S/C13H7BrF4N2O/c14-5-3-10(8(17)4-7(5)16)20-13(21)11-6(15)1-2-9(19)12(11)18/h1-4H,19H2,(H,20,21). The topological polar surface area (TPSA) is 55.1 Å². The lowest BCUT2D eigenvalue weighted by atomic mass is 10.1. The number of halogens is 5. The number of amides is 1. The molecule has 0 spiro atoms. The zero-order chi connectivity index (χ0) is 15.7. The molecule has 0 unspecified atom stereocenters. The number of nitrogen functional groups attached to an aromatic ring is 1. The lowest BCUT2D eigenvalue weighted by molar-refractivity contribution is 0.101. The Kier molecular flexibility index (Phi) is 4.17. The van der Waals surface area contributed by atoms with E-state index in [4.69, 9.17) is 5.73 Å². The van der Waals surface area contributed by atoms with Gasteiger partial charge in [-0.05, 0) is 34.1 Å². The predicted molar refractivity (Wildman–Crippen MR) is 72.8 cm³/mol. The van der Waals surface area contributed by atoms with Crippen LogP contribution < -0.4 is 11.1 Å². The molecule has 2 aromatic carbocycles. The highest BCUT2D eigenvalue weighted by Crippen LogP contribution is 2.25. The van der Waals surface area contributed by atoms with Crippen LogP contribution in [0.2, 0.25) is 0 Å². The first-order valence-corrected chi connectivity index (χ1v) is 6.30. The van der Waals surface area contributed by atoms with E-state index in [2.05, 4.69) is 15.9 Å². The van der Waals surface area contributed by atoms with Gasteiger partial charge in [0.15, 0.2) is 5.82 Å². The third kappa shape index (κ3) is 2.99. The summed E-state index contributed by atoms with van der Waals surface area (Å²) < 4.78 is 53.6. The van der Waals surface area contributed by atoms with Gasteiger partial charge in [-0.1, -0.05) is 0 Å². The highest BCUT2D eigenvalue weighted by molar-refractivity contribution is 9.10. The summed E-state index contributed by atoms with van der Waals surface area (Å²) >= 11 is 2.81. The zero-order valence-corrected chi connectivity index (χ0v) is 11.8. The maximum Gasteiger partial charge on any atom is 0.261 e. The van der Waals surface area contributed by atoms with Gasteiger partial charge in [-0.15, -0.1) is 0 Å². The van der Waals surface area contributed by atoms with E-state index in [0.29, 0.717) is 6.07 Å². The van der Waals surface area contributed by atoms with Gasteiger partial charge in [0.2, 0.25) is 0 Å². The van der Waals surface area contributed by atoms with Crippen LogP contribution in [0.3, 0.4) is 0 Å². The summed E-state index contributed by atoms with van der Waals surface area (Å²) in [6.07, 6.45) is 0. The summed E-state index contributed by atoms with van der Waals surface area (Å²) in [5.74, 6) is -5.62. The molecule has 21 heavy (non-hydrogen) atoms. The second-order valence-corrected chi connectivity index (χ2v) is 4.88. The fraction of sp³-hybridized carbons (Fsp3) is 0. The van der Waals surface area contributed by atoms with Crippen molar-refractivity contribution in [1.82, 2.24) is 0 Å². The normalized spacial score (nSPS) is 10.5. The van der Waals surface area contributed by atoms with Crippen LogP contribution in [0, 0.1) is 23.3 Å². The number of hydrogen-bond acceptors (Lipinski definition) is 2. The van der Waals surface area contributed by atoms with Gasteiger partial charge in [-0.2, -0.15) is 0 Å². The minimum Gasteiger partial charge on any atom is -0.396 e. The summed E-state index contributed by atoms with van der Waals surface area (Å²) in [5, 5.41) is 1.96. The summed E-state index contributed by atoms with van der Waals surface area (Å²) in [6, 6.07) is 3.22. The van der Waals surface area contributed by atoms with E-state index < -0.39 is 46.1 Å². The van der Waals surface area contributed by atoms with Crippen LogP contribution in [0.15, 0.2) is 28.7 Å². The highest BCUT2D eigenvalue weighted by atomic mass is 79.9. The van der Waals surface area contributed by atoms with E-state index in [1.165, 1.54) is 0 Å². The number of nitrogens with one attached hydrogen (secondary N) is 1. The lowest BCUT2D eigenvalue weighted by Crippen LogP contribution is -2.17. The van der Waals surface area contributed by atoms with Crippen LogP contribution in [0.5, 0.6) is 0 Å². The van der Waals surface area contributed by atoms with Gasteiger partial charge in [0.1, 0.15) is 23.0 Å². The van der Waals surface area contributed by atoms with Gasteiger partial charge in [0.05, 0.1) is 15.8 Å². The molecule has 0 aliphatic carbocycles. The van der Waals surface area contributed by atoms with Crippen LogP contribution in [-0.4, -0.2) is 5.91 Å². The molecule has 3 N–H and O–H groups in total. The highest BCUT2D eigenvalue weighted by Gasteiger charge is 2.21. The van der Waals surface area contributed by atoms with Crippen molar-refractivity contribution in [2.75, 3.05) is 11.1 Å². The first-order chi connectivity index (χ1) is 9.81. The molecule has 0 saturated carbocycles. The number of rotatable bonds is 2. The molecule has 2 rings (SSSR count). The number of hydrogen-bond donors (Lipinski definition) is 2. The first kappa shape index (κ1) is 15.3. The SMILES string of the molecule is Nc1ccc(F)c(C(=O)Nc2cc(Br)c(F)cc2F)c1F. The summed E-state index contributed by atoms with van der Waals surface area (Å²) in [7, 11) is 0. The van der Waals surface area contributed by atoms with Crippen molar-refractivity contribution < 1.29 is 22.4 Å². The Balaban J connectivity index is 2.40. The fourth-order valence-corrected chi connectivity index (χ4v) is 1.92. The molecular formula is C13H7BrF4N2O. The minimum atomic E-state index is -1.26. The Morgan fingerprint density at radius 3 is 2.38 bits per heavy atom. The number of carbonyl (C=O) groups is 1. The van der Waals surface area contributed by atoms with E-state index in [-0.39, 0.29) is 4.47 Å². The van der Waals surface area contributed by atoms with Crippen molar-refractivity contribution in [3.63, 3.8) is 0 Å². The van der Waals surface area contributed by atoms with Crippen molar-refractivity contribution >= 4 is 33.2 Å². The Labute approximate surface area is 124 Å². The number of anilines is 2. The van der Waals surface area contributed by atoms with E-state index in [1.54, 1.807) is 0 Å². The van der Waals surface area contributed by atoms with Crippen LogP contribution in [0.1, 0.15) is 10.4 Å². The largest absolute Gasteiger partial charge is 0.396 e. The predicted octanol–water partition coefficient (Wildman–Crippen LogP) is 3.84. The average molecular weight is 363 g/mol. The maximum absolute atomic E-state index is 13.7. The molecule has 0 aliphatic rings. The minimum absolute atomic E-state index is 0.118. The third-order valence-corrected chi connectivity index (χ3v) is 3.21. The quantitative estimate of drug-likeness (QED) is 0.484.